The maximum absolute atomic E-state index is 12.5. The Hall–Kier alpha value is -1.92. The molecular weight excluding hydrogens is 274 g/mol. The van der Waals surface area contributed by atoms with Crippen LogP contribution in [-0.4, -0.2) is 13.4 Å². The van der Waals surface area contributed by atoms with E-state index in [9.17, 15) is 8.42 Å². The Morgan fingerprint density at radius 2 is 2.10 bits per heavy atom. The lowest BCUT2D eigenvalue weighted by Crippen LogP contribution is -2.15. The molecule has 0 spiro atoms. The largest absolute Gasteiger partial charge is 0.326 e. The van der Waals surface area contributed by atoms with E-state index in [2.05, 4.69) is 9.71 Å². The minimum Gasteiger partial charge on any atom is -0.326 e. The van der Waals surface area contributed by atoms with Gasteiger partial charge in [-0.3, -0.25) is 9.71 Å². The molecule has 0 saturated carbocycles. The molecule has 1 aromatic heterocycles. The number of pyridine rings is 1. The molecular formula is C14H17N3O2S. The Bertz CT molecular complexity index is 685. The maximum atomic E-state index is 12.5. The Morgan fingerprint density at radius 1 is 1.30 bits per heavy atom. The number of aryl methyl sites for hydroxylation is 1. The molecule has 0 aliphatic rings. The number of hydrogen-bond acceptors (Lipinski definition) is 4. The highest BCUT2D eigenvalue weighted by Gasteiger charge is 2.18. The molecule has 2 aromatic rings. The number of benzene rings is 1. The molecule has 0 radical (unpaired) electrons. The van der Waals surface area contributed by atoms with Crippen LogP contribution >= 0.6 is 0 Å². The Labute approximate surface area is 118 Å². The van der Waals surface area contributed by atoms with Gasteiger partial charge in [-0.25, -0.2) is 8.42 Å². The molecule has 0 aliphatic heterocycles. The molecule has 0 amide bonds. The van der Waals surface area contributed by atoms with Crippen LogP contribution in [0.1, 0.15) is 18.1 Å². The first-order valence-corrected chi connectivity index (χ1v) is 7.80. The monoisotopic (exact) mass is 291 g/mol. The molecule has 1 heterocycles. The van der Waals surface area contributed by atoms with Crippen LogP contribution in [0.5, 0.6) is 0 Å². The fraction of sp³-hybridized carbons (Fsp3) is 0.214. The molecule has 1 aromatic carbocycles. The van der Waals surface area contributed by atoms with Gasteiger partial charge in [0.15, 0.2) is 0 Å². The summed E-state index contributed by atoms with van der Waals surface area (Å²) in [7, 11) is -3.63. The summed E-state index contributed by atoms with van der Waals surface area (Å²) in [5.74, 6) is 0. The summed E-state index contributed by atoms with van der Waals surface area (Å²) in [5, 5.41) is 0. The lowest BCUT2D eigenvalue weighted by atomic mass is 10.1. The molecule has 106 valence electrons. The Balaban J connectivity index is 2.43. The van der Waals surface area contributed by atoms with Gasteiger partial charge in [-0.2, -0.15) is 0 Å². The van der Waals surface area contributed by atoms with Crippen LogP contribution in [0.3, 0.4) is 0 Å². The fourth-order valence-corrected chi connectivity index (χ4v) is 3.31. The van der Waals surface area contributed by atoms with Crippen LogP contribution in [-0.2, 0) is 23.0 Å². The van der Waals surface area contributed by atoms with E-state index in [0.29, 0.717) is 18.7 Å². The number of sulfonamides is 1. The number of anilines is 1. The predicted molar refractivity (Wildman–Crippen MR) is 78.8 cm³/mol. The quantitative estimate of drug-likeness (QED) is 0.881. The van der Waals surface area contributed by atoms with Crippen LogP contribution in [0.4, 0.5) is 5.69 Å². The van der Waals surface area contributed by atoms with Gasteiger partial charge in [-0.05, 0) is 35.7 Å². The predicted octanol–water partition coefficient (Wildman–Crippen LogP) is 1.90. The van der Waals surface area contributed by atoms with E-state index in [-0.39, 0.29) is 4.90 Å². The first-order valence-electron chi connectivity index (χ1n) is 6.31. The molecule has 5 nitrogen and oxygen atoms in total. The SMILES string of the molecule is CCc1ccc(CN)cc1S(=O)(=O)Nc1cccnc1. The summed E-state index contributed by atoms with van der Waals surface area (Å²) >= 11 is 0. The summed E-state index contributed by atoms with van der Waals surface area (Å²) in [4.78, 5) is 4.16. The summed E-state index contributed by atoms with van der Waals surface area (Å²) in [6.45, 7) is 2.22. The Kier molecular flexibility index (Phi) is 4.36. The van der Waals surface area contributed by atoms with Gasteiger partial charge in [0.05, 0.1) is 16.8 Å². The van der Waals surface area contributed by atoms with Crippen molar-refractivity contribution in [2.24, 2.45) is 5.73 Å². The molecule has 20 heavy (non-hydrogen) atoms. The van der Waals surface area contributed by atoms with E-state index in [1.165, 1.54) is 6.20 Å². The second-order valence-electron chi connectivity index (χ2n) is 4.35. The van der Waals surface area contributed by atoms with Crippen molar-refractivity contribution in [3.05, 3.63) is 53.9 Å². The van der Waals surface area contributed by atoms with Crippen LogP contribution < -0.4 is 10.5 Å². The molecule has 0 saturated heterocycles. The number of nitrogens with zero attached hydrogens (tertiary/aromatic N) is 1. The zero-order chi connectivity index (χ0) is 14.6. The third kappa shape index (κ3) is 3.15. The van der Waals surface area contributed by atoms with Crippen LogP contribution in [0.15, 0.2) is 47.6 Å². The van der Waals surface area contributed by atoms with E-state index >= 15 is 0 Å². The second-order valence-corrected chi connectivity index (χ2v) is 6.00. The summed E-state index contributed by atoms with van der Waals surface area (Å²) < 4.78 is 27.5. The lowest BCUT2D eigenvalue weighted by molar-refractivity contribution is 0.600. The highest BCUT2D eigenvalue weighted by Crippen LogP contribution is 2.21. The van der Waals surface area contributed by atoms with Gasteiger partial charge in [0.1, 0.15) is 0 Å². The van der Waals surface area contributed by atoms with Crippen molar-refractivity contribution in [1.82, 2.24) is 4.98 Å². The average molecular weight is 291 g/mol. The molecule has 6 heteroatoms. The summed E-state index contributed by atoms with van der Waals surface area (Å²) in [5.41, 5.74) is 7.57. The van der Waals surface area contributed by atoms with Gasteiger partial charge in [-0.1, -0.05) is 19.1 Å². The topological polar surface area (TPSA) is 85.1 Å². The highest BCUT2D eigenvalue weighted by molar-refractivity contribution is 7.92. The molecule has 0 atom stereocenters. The summed E-state index contributed by atoms with van der Waals surface area (Å²) in [6.07, 6.45) is 3.69. The van der Waals surface area contributed by atoms with E-state index in [1.807, 2.05) is 13.0 Å². The number of aromatic nitrogens is 1. The highest BCUT2D eigenvalue weighted by atomic mass is 32.2. The molecule has 3 N–H and O–H groups in total. The zero-order valence-electron chi connectivity index (χ0n) is 11.2. The van der Waals surface area contributed by atoms with Gasteiger partial charge >= 0.3 is 0 Å². The fourth-order valence-electron chi connectivity index (χ4n) is 1.90. The third-order valence-electron chi connectivity index (χ3n) is 2.95. The average Bonchev–Trinajstić information content (AvgIpc) is 2.47. The molecule has 0 unspecified atom stereocenters. The van der Waals surface area contributed by atoms with Gasteiger partial charge in [0.2, 0.25) is 0 Å². The first-order chi connectivity index (χ1) is 9.56. The number of nitrogens with one attached hydrogen (secondary N) is 1. The van der Waals surface area contributed by atoms with Crippen molar-refractivity contribution in [2.45, 2.75) is 24.8 Å². The maximum Gasteiger partial charge on any atom is 0.262 e. The summed E-state index contributed by atoms with van der Waals surface area (Å²) in [6, 6.07) is 8.61. The molecule has 0 fully saturated rings. The van der Waals surface area contributed by atoms with Crippen LogP contribution in [0.25, 0.3) is 0 Å². The van der Waals surface area contributed by atoms with Crippen molar-refractivity contribution in [3.8, 4) is 0 Å². The normalized spacial score (nSPS) is 11.3. The van der Waals surface area contributed by atoms with Crippen LogP contribution in [0.2, 0.25) is 0 Å². The standard InChI is InChI=1S/C14H17N3O2S/c1-2-12-6-5-11(9-15)8-14(12)20(18,19)17-13-4-3-7-16-10-13/h3-8,10,17H,2,9,15H2,1H3. The second kappa shape index (κ2) is 6.02. The van der Waals surface area contributed by atoms with Gasteiger partial charge in [-0.15, -0.1) is 0 Å². The van der Waals surface area contributed by atoms with Crippen molar-refractivity contribution < 1.29 is 8.42 Å². The van der Waals surface area contributed by atoms with Gasteiger partial charge in [0, 0.05) is 12.7 Å². The van der Waals surface area contributed by atoms with E-state index in [1.54, 1.807) is 30.5 Å². The van der Waals surface area contributed by atoms with Crippen LogP contribution in [0, 0.1) is 0 Å². The Morgan fingerprint density at radius 3 is 2.70 bits per heavy atom. The molecule has 0 bridgehead atoms. The molecule has 2 rings (SSSR count). The van der Waals surface area contributed by atoms with Crippen molar-refractivity contribution in [3.63, 3.8) is 0 Å². The van der Waals surface area contributed by atoms with Gasteiger partial charge < -0.3 is 5.73 Å². The zero-order valence-corrected chi connectivity index (χ0v) is 12.0. The number of hydrogen-bond donors (Lipinski definition) is 2. The van der Waals surface area contributed by atoms with Crippen molar-refractivity contribution >= 4 is 15.7 Å². The van der Waals surface area contributed by atoms with Crippen molar-refractivity contribution in [2.75, 3.05) is 4.72 Å². The van der Waals surface area contributed by atoms with E-state index in [0.717, 1.165) is 11.1 Å². The van der Waals surface area contributed by atoms with E-state index < -0.39 is 10.0 Å². The number of rotatable bonds is 5. The third-order valence-corrected chi connectivity index (χ3v) is 4.41. The molecule has 0 aliphatic carbocycles. The first kappa shape index (κ1) is 14.5. The minimum absolute atomic E-state index is 0.270. The smallest absolute Gasteiger partial charge is 0.262 e. The minimum atomic E-state index is -3.63. The lowest BCUT2D eigenvalue weighted by Gasteiger charge is -2.12. The van der Waals surface area contributed by atoms with Crippen molar-refractivity contribution in [1.29, 1.82) is 0 Å². The van der Waals surface area contributed by atoms with E-state index in [4.69, 9.17) is 5.73 Å². The van der Waals surface area contributed by atoms with Gasteiger partial charge in [0.25, 0.3) is 10.0 Å². The number of nitrogens with two attached hydrogens (primary N) is 1.